The summed E-state index contributed by atoms with van der Waals surface area (Å²) < 4.78 is 14.1. The topological polar surface area (TPSA) is 26.0 Å². The zero-order chi connectivity index (χ0) is 14.6. The molecule has 0 saturated heterocycles. The van der Waals surface area contributed by atoms with Crippen molar-refractivity contribution >= 4 is 15.9 Å². The van der Waals surface area contributed by atoms with E-state index in [0.717, 1.165) is 34.2 Å². The average molecular weight is 352 g/mol. The second kappa shape index (κ2) is 5.06. The van der Waals surface area contributed by atoms with Crippen molar-refractivity contribution in [1.29, 1.82) is 0 Å². The van der Waals surface area contributed by atoms with Gasteiger partial charge in [0, 0.05) is 10.5 Å². The van der Waals surface area contributed by atoms with Gasteiger partial charge in [-0.15, -0.1) is 0 Å². The van der Waals surface area contributed by atoms with E-state index in [1.807, 2.05) is 6.07 Å². The number of rotatable bonds is 3. The van der Waals surface area contributed by atoms with Gasteiger partial charge in [-0.25, -0.2) is 4.39 Å². The van der Waals surface area contributed by atoms with Crippen molar-refractivity contribution < 1.29 is 4.39 Å². The Balaban J connectivity index is 1.56. The van der Waals surface area contributed by atoms with Gasteiger partial charge in [-0.3, -0.25) is 0 Å². The Kier molecular flexibility index (Phi) is 3.42. The molecule has 0 heterocycles. The molecule has 2 N–H and O–H groups in total. The Bertz CT molecular complexity index is 521. The molecule has 4 aliphatic carbocycles. The van der Waals surface area contributed by atoms with E-state index < -0.39 is 0 Å². The van der Waals surface area contributed by atoms with Crippen LogP contribution in [0.5, 0.6) is 0 Å². The van der Waals surface area contributed by atoms with Gasteiger partial charge < -0.3 is 5.73 Å². The molecule has 1 unspecified atom stereocenters. The predicted octanol–water partition coefficient (Wildman–Crippen LogP) is 4.67. The average Bonchev–Trinajstić information content (AvgIpc) is 2.40. The lowest BCUT2D eigenvalue weighted by Gasteiger charge is -2.59. The van der Waals surface area contributed by atoms with Crippen molar-refractivity contribution in [2.75, 3.05) is 0 Å². The Labute approximate surface area is 134 Å². The van der Waals surface area contributed by atoms with Gasteiger partial charge in [-0.2, -0.15) is 0 Å². The molecule has 114 valence electrons. The first-order chi connectivity index (χ1) is 10.0. The van der Waals surface area contributed by atoms with Crippen LogP contribution in [0.4, 0.5) is 4.39 Å². The standard InChI is InChI=1S/C18H23BrFN/c19-16-7-15(20)2-1-14(16)6-17(21)18-8-11-3-12(9-18)5-13(4-11)10-18/h1-2,7,11-13,17H,3-6,8-10,21H2. The molecule has 0 spiro atoms. The van der Waals surface area contributed by atoms with Gasteiger partial charge in [0.05, 0.1) is 0 Å². The lowest BCUT2D eigenvalue weighted by Crippen LogP contribution is -2.55. The van der Waals surface area contributed by atoms with Crippen LogP contribution in [0.3, 0.4) is 0 Å². The molecule has 0 aliphatic heterocycles. The second-order valence-corrected chi connectivity index (χ2v) is 8.68. The Morgan fingerprint density at radius 2 is 1.71 bits per heavy atom. The summed E-state index contributed by atoms with van der Waals surface area (Å²) in [5.41, 5.74) is 8.21. The maximum Gasteiger partial charge on any atom is 0.124 e. The number of nitrogens with two attached hydrogens (primary N) is 1. The molecule has 4 bridgehead atoms. The van der Waals surface area contributed by atoms with E-state index in [9.17, 15) is 4.39 Å². The highest BCUT2D eigenvalue weighted by Gasteiger charge is 2.53. The fourth-order valence-electron chi connectivity index (χ4n) is 5.77. The van der Waals surface area contributed by atoms with Crippen molar-refractivity contribution in [3.63, 3.8) is 0 Å². The van der Waals surface area contributed by atoms with E-state index in [1.54, 1.807) is 12.1 Å². The molecule has 1 atom stereocenters. The van der Waals surface area contributed by atoms with Gasteiger partial charge >= 0.3 is 0 Å². The van der Waals surface area contributed by atoms with Gasteiger partial charge in [0.15, 0.2) is 0 Å². The molecule has 4 fully saturated rings. The van der Waals surface area contributed by atoms with Crippen molar-refractivity contribution in [2.24, 2.45) is 28.9 Å². The summed E-state index contributed by atoms with van der Waals surface area (Å²) in [6, 6.07) is 5.21. The van der Waals surface area contributed by atoms with E-state index in [2.05, 4.69) is 15.9 Å². The molecule has 1 aromatic rings. The molecule has 1 aromatic carbocycles. The van der Waals surface area contributed by atoms with Crippen molar-refractivity contribution in [2.45, 2.75) is 51.0 Å². The largest absolute Gasteiger partial charge is 0.327 e. The third-order valence-electron chi connectivity index (χ3n) is 6.33. The first-order valence-corrected chi connectivity index (χ1v) is 9.03. The third kappa shape index (κ3) is 2.46. The fourth-order valence-corrected chi connectivity index (χ4v) is 6.29. The number of hydrogen-bond acceptors (Lipinski definition) is 1. The smallest absolute Gasteiger partial charge is 0.124 e. The summed E-state index contributed by atoms with van der Waals surface area (Å²) in [7, 11) is 0. The van der Waals surface area contributed by atoms with E-state index in [-0.39, 0.29) is 11.9 Å². The van der Waals surface area contributed by atoms with Crippen LogP contribution in [-0.4, -0.2) is 6.04 Å². The van der Waals surface area contributed by atoms with E-state index in [1.165, 1.54) is 38.5 Å². The number of hydrogen-bond donors (Lipinski definition) is 1. The molecule has 4 saturated carbocycles. The summed E-state index contributed by atoms with van der Waals surface area (Å²) >= 11 is 3.49. The van der Waals surface area contributed by atoms with Gasteiger partial charge in [0.2, 0.25) is 0 Å². The van der Waals surface area contributed by atoms with Crippen LogP contribution in [0.15, 0.2) is 22.7 Å². The summed E-state index contributed by atoms with van der Waals surface area (Å²) in [6.45, 7) is 0. The van der Waals surface area contributed by atoms with E-state index in [0.29, 0.717) is 5.41 Å². The minimum atomic E-state index is -0.186. The van der Waals surface area contributed by atoms with Crippen molar-refractivity contribution in [3.8, 4) is 0 Å². The molecule has 3 heteroatoms. The molecule has 4 aliphatic rings. The lowest BCUT2D eigenvalue weighted by atomic mass is 9.47. The van der Waals surface area contributed by atoms with E-state index >= 15 is 0 Å². The molecule has 21 heavy (non-hydrogen) atoms. The number of benzene rings is 1. The number of halogens is 2. The minimum Gasteiger partial charge on any atom is -0.327 e. The first kappa shape index (κ1) is 14.2. The molecule has 1 nitrogen and oxygen atoms in total. The van der Waals surface area contributed by atoms with Crippen LogP contribution >= 0.6 is 15.9 Å². The highest BCUT2D eigenvalue weighted by molar-refractivity contribution is 9.10. The van der Waals surface area contributed by atoms with Gasteiger partial charge in [-0.05, 0) is 85.8 Å². The van der Waals surface area contributed by atoms with Crippen molar-refractivity contribution in [3.05, 3.63) is 34.1 Å². The third-order valence-corrected chi connectivity index (χ3v) is 7.07. The molecular formula is C18H23BrFN. The first-order valence-electron chi connectivity index (χ1n) is 8.23. The van der Waals surface area contributed by atoms with Crippen LogP contribution < -0.4 is 5.73 Å². The molecule has 0 radical (unpaired) electrons. The molecule has 0 amide bonds. The monoisotopic (exact) mass is 351 g/mol. The highest BCUT2D eigenvalue weighted by atomic mass is 79.9. The van der Waals surface area contributed by atoms with Gasteiger partial charge in [0.1, 0.15) is 5.82 Å². The highest BCUT2D eigenvalue weighted by Crippen LogP contribution is 2.61. The van der Waals surface area contributed by atoms with Crippen LogP contribution in [0.2, 0.25) is 0 Å². The van der Waals surface area contributed by atoms with Crippen LogP contribution in [-0.2, 0) is 6.42 Å². The maximum absolute atomic E-state index is 13.2. The Hall–Kier alpha value is -0.410. The quantitative estimate of drug-likeness (QED) is 0.840. The Morgan fingerprint density at radius 1 is 1.14 bits per heavy atom. The summed E-state index contributed by atoms with van der Waals surface area (Å²) in [5, 5.41) is 0. The van der Waals surface area contributed by atoms with Gasteiger partial charge in [-0.1, -0.05) is 22.0 Å². The maximum atomic E-state index is 13.2. The zero-order valence-electron chi connectivity index (χ0n) is 12.3. The molecular weight excluding hydrogens is 329 g/mol. The zero-order valence-corrected chi connectivity index (χ0v) is 13.9. The summed E-state index contributed by atoms with van der Waals surface area (Å²) in [4.78, 5) is 0. The van der Waals surface area contributed by atoms with Crippen molar-refractivity contribution in [1.82, 2.24) is 0 Å². The van der Waals surface area contributed by atoms with Gasteiger partial charge in [0.25, 0.3) is 0 Å². The fraction of sp³-hybridized carbons (Fsp3) is 0.667. The normalized spacial score (nSPS) is 38.7. The lowest BCUT2D eigenvalue weighted by molar-refractivity contribution is -0.0667. The van der Waals surface area contributed by atoms with E-state index in [4.69, 9.17) is 5.73 Å². The second-order valence-electron chi connectivity index (χ2n) is 7.83. The SMILES string of the molecule is NC(Cc1ccc(F)cc1Br)C12CC3CC(CC(C3)C1)C2. The van der Waals surface area contributed by atoms with Crippen LogP contribution in [0.1, 0.15) is 44.1 Å². The molecule has 0 aromatic heterocycles. The van der Waals surface area contributed by atoms with Crippen LogP contribution in [0.25, 0.3) is 0 Å². The predicted molar refractivity (Wildman–Crippen MR) is 86.4 cm³/mol. The molecule has 5 rings (SSSR count). The minimum absolute atomic E-state index is 0.186. The Morgan fingerprint density at radius 3 is 2.24 bits per heavy atom. The summed E-state index contributed by atoms with van der Waals surface area (Å²) in [5.74, 6) is 2.60. The van der Waals surface area contributed by atoms with Crippen LogP contribution in [0, 0.1) is 29.0 Å². The summed E-state index contributed by atoms with van der Waals surface area (Å²) in [6.07, 6.45) is 9.22.